The second-order valence-corrected chi connectivity index (χ2v) is 6.69. The number of aliphatic hydroxyl groups is 1. The van der Waals surface area contributed by atoms with Gasteiger partial charge in [-0.05, 0) is 55.2 Å². The highest BCUT2D eigenvalue weighted by Gasteiger charge is 2.38. The molecule has 1 aliphatic carbocycles. The van der Waals surface area contributed by atoms with Crippen molar-refractivity contribution in [1.29, 1.82) is 0 Å². The molecule has 1 aromatic carbocycles. The zero-order chi connectivity index (χ0) is 14.6. The van der Waals surface area contributed by atoms with Gasteiger partial charge in [-0.25, -0.2) is 0 Å². The van der Waals surface area contributed by atoms with Crippen LogP contribution in [0.4, 0.5) is 0 Å². The van der Waals surface area contributed by atoms with Gasteiger partial charge in [0.05, 0.1) is 5.60 Å². The summed E-state index contributed by atoms with van der Waals surface area (Å²) in [5, 5.41) is 12.0. The number of hydrogen-bond acceptors (Lipinski definition) is 2. The summed E-state index contributed by atoms with van der Waals surface area (Å²) in [6, 6.07) is 6.84. The Labute approximate surface area is 125 Å². The van der Waals surface area contributed by atoms with Crippen molar-refractivity contribution in [3.05, 3.63) is 41.6 Å². The SMILES string of the molecule is CCCN1C[C@@](C)(O)C=C2c3cccc4[nH]cc(c34)C[C@H]21. The monoisotopic (exact) mass is 282 g/mol. The molecule has 21 heavy (non-hydrogen) atoms. The van der Waals surface area contributed by atoms with Crippen molar-refractivity contribution >= 4 is 16.5 Å². The fraction of sp³-hybridized carbons (Fsp3) is 0.444. The number of aromatic amines is 1. The van der Waals surface area contributed by atoms with E-state index in [9.17, 15) is 5.11 Å². The second kappa shape index (κ2) is 4.46. The van der Waals surface area contributed by atoms with Crippen LogP contribution < -0.4 is 0 Å². The van der Waals surface area contributed by atoms with Gasteiger partial charge in [0, 0.05) is 29.7 Å². The highest BCUT2D eigenvalue weighted by molar-refractivity contribution is 5.98. The maximum Gasteiger partial charge on any atom is 0.0932 e. The van der Waals surface area contributed by atoms with Crippen molar-refractivity contribution in [2.45, 2.75) is 38.3 Å². The summed E-state index contributed by atoms with van der Waals surface area (Å²) in [6.45, 7) is 5.89. The molecule has 0 saturated carbocycles. The summed E-state index contributed by atoms with van der Waals surface area (Å²) in [7, 11) is 0. The summed E-state index contributed by atoms with van der Waals surface area (Å²) in [4.78, 5) is 5.84. The molecular weight excluding hydrogens is 260 g/mol. The van der Waals surface area contributed by atoms with Crippen LogP contribution in [0.5, 0.6) is 0 Å². The van der Waals surface area contributed by atoms with Gasteiger partial charge in [0.15, 0.2) is 0 Å². The Hall–Kier alpha value is -1.58. The largest absolute Gasteiger partial charge is 0.385 e. The summed E-state index contributed by atoms with van der Waals surface area (Å²) in [5.74, 6) is 0. The molecule has 1 aromatic heterocycles. The molecule has 0 bridgehead atoms. The number of benzene rings is 1. The van der Waals surface area contributed by atoms with Gasteiger partial charge in [0.1, 0.15) is 0 Å². The highest BCUT2D eigenvalue weighted by Crippen LogP contribution is 2.41. The second-order valence-electron chi connectivity index (χ2n) is 6.69. The van der Waals surface area contributed by atoms with Crippen LogP contribution in [0.2, 0.25) is 0 Å². The molecule has 2 aromatic rings. The van der Waals surface area contributed by atoms with Gasteiger partial charge in [0.2, 0.25) is 0 Å². The minimum atomic E-state index is -0.739. The molecule has 2 aliphatic rings. The summed E-state index contributed by atoms with van der Waals surface area (Å²) >= 11 is 0. The van der Waals surface area contributed by atoms with Gasteiger partial charge in [-0.15, -0.1) is 0 Å². The van der Waals surface area contributed by atoms with Gasteiger partial charge < -0.3 is 10.1 Å². The number of nitrogens with zero attached hydrogens (tertiary/aromatic N) is 1. The van der Waals surface area contributed by atoms with Crippen LogP contribution in [-0.2, 0) is 6.42 Å². The van der Waals surface area contributed by atoms with E-state index in [1.165, 1.54) is 27.6 Å². The van der Waals surface area contributed by atoms with Crippen molar-refractivity contribution in [1.82, 2.24) is 9.88 Å². The predicted molar refractivity (Wildman–Crippen MR) is 86.3 cm³/mol. The normalized spacial score (nSPS) is 28.5. The molecular formula is C18H22N2O. The first kappa shape index (κ1) is 13.1. The van der Waals surface area contributed by atoms with E-state index < -0.39 is 5.60 Å². The van der Waals surface area contributed by atoms with Gasteiger partial charge in [-0.3, -0.25) is 4.90 Å². The summed E-state index contributed by atoms with van der Waals surface area (Å²) in [6.07, 6.45) is 6.40. The molecule has 3 nitrogen and oxygen atoms in total. The van der Waals surface area contributed by atoms with Crippen LogP contribution >= 0.6 is 0 Å². The average Bonchev–Trinajstić information content (AvgIpc) is 2.85. The van der Waals surface area contributed by atoms with Crippen molar-refractivity contribution in [2.24, 2.45) is 0 Å². The van der Waals surface area contributed by atoms with Gasteiger partial charge in [-0.1, -0.05) is 19.1 Å². The van der Waals surface area contributed by atoms with E-state index in [-0.39, 0.29) is 0 Å². The van der Waals surface area contributed by atoms with Crippen LogP contribution in [0.1, 0.15) is 31.4 Å². The third-order valence-electron chi connectivity index (χ3n) is 4.81. The number of fused-ring (bicyclic) bond motifs is 2. The summed E-state index contributed by atoms with van der Waals surface area (Å²) < 4.78 is 0. The quantitative estimate of drug-likeness (QED) is 0.889. The predicted octanol–water partition coefficient (Wildman–Crippen LogP) is 2.95. The lowest BCUT2D eigenvalue weighted by atomic mass is 9.79. The Bertz CT molecular complexity index is 726. The Morgan fingerprint density at radius 3 is 3.10 bits per heavy atom. The molecule has 2 N–H and O–H groups in total. The lowest BCUT2D eigenvalue weighted by molar-refractivity contribution is 0.0425. The first-order valence-corrected chi connectivity index (χ1v) is 7.87. The van der Waals surface area contributed by atoms with Crippen LogP contribution in [0.25, 0.3) is 16.5 Å². The Morgan fingerprint density at radius 2 is 2.29 bits per heavy atom. The number of hydrogen-bond donors (Lipinski definition) is 2. The number of β-amino-alcohol motifs (C(OH)–C–C–N with tert-alkyl or cyclic N) is 1. The van der Waals surface area contributed by atoms with E-state index in [1.807, 2.05) is 6.92 Å². The zero-order valence-corrected chi connectivity index (χ0v) is 12.7. The lowest BCUT2D eigenvalue weighted by Crippen LogP contribution is -2.51. The first-order valence-electron chi connectivity index (χ1n) is 7.87. The molecule has 0 radical (unpaired) electrons. The number of nitrogens with one attached hydrogen (secondary N) is 1. The van der Waals surface area contributed by atoms with E-state index in [4.69, 9.17) is 0 Å². The van der Waals surface area contributed by atoms with E-state index in [0.717, 1.165) is 25.9 Å². The Morgan fingerprint density at radius 1 is 1.43 bits per heavy atom. The smallest absolute Gasteiger partial charge is 0.0932 e. The number of rotatable bonds is 2. The summed E-state index contributed by atoms with van der Waals surface area (Å²) in [5.41, 5.74) is 4.47. The molecule has 4 rings (SSSR count). The molecule has 2 heterocycles. The van der Waals surface area contributed by atoms with E-state index >= 15 is 0 Å². The average molecular weight is 282 g/mol. The molecule has 0 unspecified atom stereocenters. The molecule has 0 fully saturated rings. The molecule has 2 atom stereocenters. The number of aromatic nitrogens is 1. The molecule has 0 saturated heterocycles. The van der Waals surface area contributed by atoms with Crippen molar-refractivity contribution in [2.75, 3.05) is 13.1 Å². The fourth-order valence-electron chi connectivity index (χ4n) is 4.08. The van der Waals surface area contributed by atoms with Crippen molar-refractivity contribution in [3.63, 3.8) is 0 Å². The van der Waals surface area contributed by atoms with Crippen LogP contribution in [-0.4, -0.2) is 39.7 Å². The molecule has 0 amide bonds. The standard InChI is InChI=1S/C18H22N2O/c1-3-7-20-11-18(2,21)9-14-13-5-4-6-15-17(13)12(10-19-15)8-16(14)20/h4-6,9-10,16,19,21H,3,7-8,11H2,1-2H3/t16-,18+/m1/s1. The van der Waals surface area contributed by atoms with Gasteiger partial charge in [0.25, 0.3) is 0 Å². The molecule has 1 aliphatic heterocycles. The Balaban J connectivity index is 1.92. The molecule has 110 valence electrons. The van der Waals surface area contributed by atoms with Gasteiger partial charge in [-0.2, -0.15) is 0 Å². The van der Waals surface area contributed by atoms with Crippen molar-refractivity contribution < 1.29 is 5.11 Å². The fourth-order valence-corrected chi connectivity index (χ4v) is 4.08. The minimum absolute atomic E-state index is 0.402. The molecule has 0 spiro atoms. The third kappa shape index (κ3) is 1.95. The topological polar surface area (TPSA) is 39.3 Å². The minimum Gasteiger partial charge on any atom is -0.385 e. The van der Waals surface area contributed by atoms with Gasteiger partial charge >= 0.3 is 0 Å². The van der Waals surface area contributed by atoms with Crippen LogP contribution in [0.3, 0.4) is 0 Å². The van der Waals surface area contributed by atoms with Crippen molar-refractivity contribution in [3.8, 4) is 0 Å². The van der Waals surface area contributed by atoms with Crippen LogP contribution in [0, 0.1) is 0 Å². The van der Waals surface area contributed by atoms with Crippen LogP contribution in [0.15, 0.2) is 30.5 Å². The zero-order valence-electron chi connectivity index (χ0n) is 12.7. The highest BCUT2D eigenvalue weighted by atomic mass is 16.3. The maximum atomic E-state index is 10.6. The third-order valence-corrected chi connectivity index (χ3v) is 4.81. The van der Waals surface area contributed by atoms with E-state index in [2.05, 4.69) is 47.3 Å². The van der Waals surface area contributed by atoms with E-state index in [1.54, 1.807) is 0 Å². The molecule has 3 heteroatoms. The number of H-pyrrole nitrogens is 1. The first-order chi connectivity index (χ1) is 10.1. The van der Waals surface area contributed by atoms with E-state index in [0.29, 0.717) is 6.04 Å². The Kier molecular flexibility index (Phi) is 2.78. The maximum absolute atomic E-state index is 10.6. The lowest BCUT2D eigenvalue weighted by Gasteiger charge is -2.44.